The van der Waals surface area contributed by atoms with E-state index in [1.54, 1.807) is 0 Å². The molecule has 0 aromatic carbocycles. The first-order valence-electron chi connectivity index (χ1n) is 4.10. The van der Waals surface area contributed by atoms with Gasteiger partial charge in [0, 0.05) is 16.0 Å². The van der Waals surface area contributed by atoms with Crippen molar-refractivity contribution in [2.45, 2.75) is 11.8 Å². The highest BCUT2D eigenvalue weighted by Crippen LogP contribution is 2.31. The fraction of sp³-hybridized carbons (Fsp3) is 0.556. The average Bonchev–Trinajstić information content (AvgIpc) is 2.65. The highest BCUT2D eigenvalue weighted by atomic mass is 35.5. The Kier molecular flexibility index (Phi) is 3.00. The lowest BCUT2D eigenvalue weighted by atomic mass is 10.0. The zero-order valence-electron chi connectivity index (χ0n) is 6.70. The Morgan fingerprint density at radius 3 is 3.00 bits per heavy atom. The molecule has 1 aliphatic heterocycles. The molecule has 1 aromatic heterocycles. The molecule has 2 unspecified atom stereocenters. The SMILES string of the molecule is ClC1CSCC1Cc1cccs1. The van der Waals surface area contributed by atoms with Crippen molar-refractivity contribution in [2.24, 2.45) is 5.92 Å². The van der Waals surface area contributed by atoms with Gasteiger partial charge in [-0.25, -0.2) is 0 Å². The van der Waals surface area contributed by atoms with Crippen LogP contribution in [-0.2, 0) is 6.42 Å². The van der Waals surface area contributed by atoms with E-state index in [0.717, 1.165) is 5.75 Å². The van der Waals surface area contributed by atoms with Gasteiger partial charge in [0.15, 0.2) is 0 Å². The molecule has 0 aliphatic carbocycles. The summed E-state index contributed by atoms with van der Waals surface area (Å²) in [6, 6.07) is 4.32. The molecule has 1 aromatic rings. The number of halogens is 1. The van der Waals surface area contributed by atoms with Crippen molar-refractivity contribution in [1.82, 2.24) is 0 Å². The van der Waals surface area contributed by atoms with Crippen molar-refractivity contribution in [2.75, 3.05) is 11.5 Å². The first-order chi connectivity index (χ1) is 5.86. The van der Waals surface area contributed by atoms with Crippen molar-refractivity contribution in [3.05, 3.63) is 22.4 Å². The summed E-state index contributed by atoms with van der Waals surface area (Å²) in [5.74, 6) is 3.08. The fourth-order valence-electron chi connectivity index (χ4n) is 1.45. The Morgan fingerprint density at radius 1 is 1.50 bits per heavy atom. The van der Waals surface area contributed by atoms with Crippen LogP contribution in [0.3, 0.4) is 0 Å². The third-order valence-corrected chi connectivity index (χ3v) is 5.02. The molecular weight excluding hydrogens is 208 g/mol. The van der Waals surface area contributed by atoms with Gasteiger partial charge in [0.1, 0.15) is 0 Å². The maximum atomic E-state index is 6.18. The number of thiophene rings is 1. The summed E-state index contributed by atoms with van der Waals surface area (Å²) in [6.45, 7) is 0. The Bertz CT molecular complexity index is 233. The Morgan fingerprint density at radius 2 is 2.42 bits per heavy atom. The largest absolute Gasteiger partial charge is 0.160 e. The Hall–Kier alpha value is 0.340. The van der Waals surface area contributed by atoms with Gasteiger partial charge in [-0.2, -0.15) is 11.8 Å². The van der Waals surface area contributed by atoms with Gasteiger partial charge in [-0.15, -0.1) is 22.9 Å². The van der Waals surface area contributed by atoms with Crippen molar-refractivity contribution in [1.29, 1.82) is 0 Å². The summed E-state index contributed by atoms with van der Waals surface area (Å²) in [5.41, 5.74) is 0. The van der Waals surface area contributed by atoms with Gasteiger partial charge in [0.25, 0.3) is 0 Å². The summed E-state index contributed by atoms with van der Waals surface area (Å²) >= 11 is 10.0. The second-order valence-corrected chi connectivity index (χ2v) is 5.76. The number of hydrogen-bond acceptors (Lipinski definition) is 2. The molecule has 0 amide bonds. The van der Waals surface area contributed by atoms with E-state index in [1.165, 1.54) is 17.1 Å². The van der Waals surface area contributed by atoms with Crippen LogP contribution in [0.5, 0.6) is 0 Å². The molecule has 2 rings (SSSR count). The van der Waals surface area contributed by atoms with Gasteiger partial charge in [-0.05, 0) is 29.5 Å². The number of hydrogen-bond donors (Lipinski definition) is 0. The van der Waals surface area contributed by atoms with Crippen molar-refractivity contribution >= 4 is 34.7 Å². The molecule has 2 atom stereocenters. The minimum atomic E-state index is 0.400. The average molecular weight is 219 g/mol. The summed E-state index contributed by atoms with van der Waals surface area (Å²) in [6.07, 6.45) is 1.18. The van der Waals surface area contributed by atoms with Gasteiger partial charge < -0.3 is 0 Å². The van der Waals surface area contributed by atoms with Crippen LogP contribution in [0.15, 0.2) is 17.5 Å². The van der Waals surface area contributed by atoms with Crippen LogP contribution in [0.2, 0.25) is 0 Å². The maximum Gasteiger partial charge on any atom is 0.0466 e. The first kappa shape index (κ1) is 8.92. The standard InChI is InChI=1S/C9H11ClS2/c10-9-6-11-5-7(9)4-8-2-1-3-12-8/h1-3,7,9H,4-6H2. The molecule has 0 N–H and O–H groups in total. The molecule has 1 saturated heterocycles. The van der Waals surface area contributed by atoms with E-state index in [-0.39, 0.29) is 0 Å². The van der Waals surface area contributed by atoms with Crippen LogP contribution in [0.25, 0.3) is 0 Å². The molecule has 0 nitrogen and oxygen atoms in total. The second kappa shape index (κ2) is 4.03. The molecular formula is C9H11ClS2. The van der Waals surface area contributed by atoms with Crippen molar-refractivity contribution in [3.63, 3.8) is 0 Å². The van der Waals surface area contributed by atoms with Crippen LogP contribution in [0.1, 0.15) is 4.88 Å². The van der Waals surface area contributed by atoms with Gasteiger partial charge >= 0.3 is 0 Å². The molecule has 0 spiro atoms. The Balaban J connectivity index is 1.95. The lowest BCUT2D eigenvalue weighted by Gasteiger charge is -2.10. The van der Waals surface area contributed by atoms with E-state index >= 15 is 0 Å². The van der Waals surface area contributed by atoms with Gasteiger partial charge in [0.2, 0.25) is 0 Å². The molecule has 0 saturated carbocycles. The molecule has 66 valence electrons. The third kappa shape index (κ3) is 1.98. The van der Waals surface area contributed by atoms with Crippen molar-refractivity contribution in [3.8, 4) is 0 Å². The van der Waals surface area contributed by atoms with E-state index in [9.17, 15) is 0 Å². The lowest BCUT2D eigenvalue weighted by molar-refractivity contribution is 0.609. The summed E-state index contributed by atoms with van der Waals surface area (Å²) in [7, 11) is 0. The molecule has 1 aliphatic rings. The fourth-order valence-corrected chi connectivity index (χ4v) is 4.08. The maximum absolute atomic E-state index is 6.18. The van der Waals surface area contributed by atoms with Crippen LogP contribution in [0.4, 0.5) is 0 Å². The van der Waals surface area contributed by atoms with Gasteiger partial charge in [0.05, 0.1) is 0 Å². The number of rotatable bonds is 2. The smallest absolute Gasteiger partial charge is 0.0466 e. The predicted molar refractivity (Wildman–Crippen MR) is 58.5 cm³/mol. The van der Waals surface area contributed by atoms with Crippen LogP contribution in [0, 0.1) is 5.92 Å². The molecule has 12 heavy (non-hydrogen) atoms. The van der Waals surface area contributed by atoms with Crippen LogP contribution >= 0.6 is 34.7 Å². The summed E-state index contributed by atoms with van der Waals surface area (Å²) in [5, 5.41) is 2.54. The number of thioether (sulfide) groups is 1. The zero-order chi connectivity index (χ0) is 8.39. The van der Waals surface area contributed by atoms with E-state index in [4.69, 9.17) is 11.6 Å². The topological polar surface area (TPSA) is 0 Å². The van der Waals surface area contributed by atoms with Crippen LogP contribution < -0.4 is 0 Å². The van der Waals surface area contributed by atoms with E-state index in [1.807, 2.05) is 23.1 Å². The van der Waals surface area contributed by atoms with E-state index in [0.29, 0.717) is 11.3 Å². The summed E-state index contributed by atoms with van der Waals surface area (Å²) < 4.78 is 0. The highest BCUT2D eigenvalue weighted by molar-refractivity contribution is 7.99. The van der Waals surface area contributed by atoms with E-state index < -0.39 is 0 Å². The minimum Gasteiger partial charge on any atom is -0.160 e. The van der Waals surface area contributed by atoms with Gasteiger partial charge in [-0.1, -0.05) is 6.07 Å². The molecule has 0 radical (unpaired) electrons. The lowest BCUT2D eigenvalue weighted by Crippen LogP contribution is -2.13. The monoisotopic (exact) mass is 218 g/mol. The Labute approximate surface area is 86.3 Å². The van der Waals surface area contributed by atoms with Crippen molar-refractivity contribution < 1.29 is 0 Å². The highest BCUT2D eigenvalue weighted by Gasteiger charge is 2.25. The molecule has 0 bridgehead atoms. The third-order valence-electron chi connectivity index (χ3n) is 2.16. The second-order valence-electron chi connectivity index (χ2n) is 3.10. The first-order valence-corrected chi connectivity index (χ1v) is 6.57. The summed E-state index contributed by atoms with van der Waals surface area (Å²) in [4.78, 5) is 1.48. The zero-order valence-corrected chi connectivity index (χ0v) is 9.09. The minimum absolute atomic E-state index is 0.400. The molecule has 2 heterocycles. The van der Waals surface area contributed by atoms with Gasteiger partial charge in [-0.3, -0.25) is 0 Å². The van der Waals surface area contributed by atoms with E-state index in [2.05, 4.69) is 17.5 Å². The van der Waals surface area contributed by atoms with Crippen LogP contribution in [-0.4, -0.2) is 16.9 Å². The number of alkyl halides is 1. The molecule has 3 heteroatoms. The predicted octanol–water partition coefficient (Wildman–Crippen LogP) is 3.26. The molecule has 1 fully saturated rings. The normalized spacial score (nSPS) is 29.4. The quantitative estimate of drug-likeness (QED) is 0.687.